The van der Waals surface area contributed by atoms with Gasteiger partial charge in [-0.1, -0.05) is 0 Å². The second-order valence-corrected chi connectivity index (χ2v) is 6.13. The first-order valence-corrected chi connectivity index (χ1v) is 7.60. The molecule has 0 spiro atoms. The first-order chi connectivity index (χ1) is 9.68. The Balaban J connectivity index is 1.92. The van der Waals surface area contributed by atoms with Gasteiger partial charge in [-0.25, -0.2) is 4.79 Å². The van der Waals surface area contributed by atoms with E-state index in [4.69, 9.17) is 10.6 Å². The van der Waals surface area contributed by atoms with Gasteiger partial charge in [-0.15, -0.1) is 11.3 Å². The Labute approximate surface area is 121 Å². The van der Waals surface area contributed by atoms with Crippen LogP contribution in [-0.2, 0) is 16.1 Å². The largest absolute Gasteiger partial charge is 0.494 e. The zero-order valence-electron chi connectivity index (χ0n) is 11.3. The minimum atomic E-state index is -0.398. The molecule has 20 heavy (non-hydrogen) atoms. The number of ether oxygens (including phenoxy) is 1. The highest BCUT2D eigenvalue weighted by atomic mass is 32.1. The molecule has 0 saturated heterocycles. The maximum absolute atomic E-state index is 11.8. The van der Waals surface area contributed by atoms with E-state index >= 15 is 0 Å². The fourth-order valence-corrected chi connectivity index (χ4v) is 3.49. The lowest BCUT2D eigenvalue weighted by atomic mass is 9.96. The number of fused-ring (bicyclic) bond motifs is 1. The molecule has 1 heterocycles. The number of nitrogens with two attached hydrogens (primary N) is 1. The summed E-state index contributed by atoms with van der Waals surface area (Å²) >= 11 is 1.69. The molecule has 1 aliphatic rings. The lowest BCUT2D eigenvalue weighted by Crippen LogP contribution is -2.24. The van der Waals surface area contributed by atoms with Crippen LogP contribution < -0.4 is 10.6 Å². The molecule has 0 bridgehead atoms. The fraction of sp³-hybridized carbons (Fsp3) is 0.400. The molecule has 1 aliphatic carbocycles. The maximum Gasteiger partial charge on any atom is 0.330 e. The molecule has 0 aliphatic heterocycles. The molecule has 2 N–H and O–H groups in total. The molecule has 5 heteroatoms. The third-order valence-electron chi connectivity index (χ3n) is 3.86. The van der Waals surface area contributed by atoms with E-state index in [9.17, 15) is 4.79 Å². The molecule has 0 atom stereocenters. The van der Waals surface area contributed by atoms with Crippen molar-refractivity contribution >= 4 is 27.4 Å². The maximum atomic E-state index is 11.8. The van der Waals surface area contributed by atoms with Gasteiger partial charge in [0, 0.05) is 4.70 Å². The van der Waals surface area contributed by atoms with Crippen LogP contribution in [0.3, 0.4) is 0 Å². The van der Waals surface area contributed by atoms with Gasteiger partial charge in [0.25, 0.3) is 0 Å². The summed E-state index contributed by atoms with van der Waals surface area (Å²) in [6, 6.07) is 6.09. The van der Waals surface area contributed by atoms with Gasteiger partial charge >= 0.3 is 5.97 Å². The van der Waals surface area contributed by atoms with Crippen LogP contribution in [0.1, 0.15) is 25.3 Å². The number of rotatable bonds is 5. The summed E-state index contributed by atoms with van der Waals surface area (Å²) < 4.78 is 6.75. The first-order valence-electron chi connectivity index (χ1n) is 6.72. The molecule has 0 radical (unpaired) electrons. The Kier molecular flexibility index (Phi) is 3.40. The van der Waals surface area contributed by atoms with E-state index in [0.29, 0.717) is 13.0 Å². The van der Waals surface area contributed by atoms with E-state index in [1.54, 1.807) is 11.3 Å². The summed E-state index contributed by atoms with van der Waals surface area (Å²) in [5.41, 5.74) is 0.777. The van der Waals surface area contributed by atoms with E-state index in [1.807, 2.05) is 13.0 Å². The second-order valence-electron chi connectivity index (χ2n) is 5.21. The van der Waals surface area contributed by atoms with Crippen LogP contribution >= 0.6 is 11.3 Å². The number of hydrogen-bond acceptors (Lipinski definition) is 5. The monoisotopic (exact) mass is 291 g/mol. The van der Waals surface area contributed by atoms with Crippen LogP contribution in [0, 0.1) is 5.41 Å². The molecule has 1 saturated carbocycles. The molecule has 4 nitrogen and oxygen atoms in total. The summed E-state index contributed by atoms with van der Waals surface area (Å²) in [5.74, 6) is 5.61. The lowest BCUT2D eigenvalue weighted by molar-refractivity contribution is -0.150. The fourth-order valence-electron chi connectivity index (χ4n) is 2.55. The number of benzene rings is 1. The van der Waals surface area contributed by atoms with Crippen LogP contribution in [0.5, 0.6) is 5.75 Å². The first kappa shape index (κ1) is 13.4. The molecule has 0 unspecified atom stereocenters. The molecule has 106 valence electrons. The van der Waals surface area contributed by atoms with Gasteiger partial charge in [-0.2, -0.15) is 5.90 Å². The van der Waals surface area contributed by atoms with Crippen molar-refractivity contribution < 1.29 is 14.4 Å². The molecule has 2 aromatic rings. The average Bonchev–Trinajstić information content (AvgIpc) is 3.15. The van der Waals surface area contributed by atoms with Crippen molar-refractivity contribution in [1.82, 2.24) is 0 Å². The van der Waals surface area contributed by atoms with Crippen molar-refractivity contribution in [2.24, 2.45) is 11.3 Å². The quantitative estimate of drug-likeness (QED) is 0.860. The minimum absolute atomic E-state index is 0.294. The zero-order chi connectivity index (χ0) is 14.2. The average molecular weight is 291 g/mol. The van der Waals surface area contributed by atoms with E-state index < -0.39 is 5.41 Å². The SMILES string of the molecule is CCOc1ccc2scc(CC3(C(=O)ON)CC3)c2c1. The molecule has 1 aromatic heterocycles. The van der Waals surface area contributed by atoms with Crippen molar-refractivity contribution in [3.8, 4) is 5.75 Å². The number of carbonyl (C=O) groups excluding carboxylic acids is 1. The van der Waals surface area contributed by atoms with Crippen LogP contribution in [0.4, 0.5) is 0 Å². The predicted molar refractivity (Wildman–Crippen MR) is 78.6 cm³/mol. The lowest BCUT2D eigenvalue weighted by Gasteiger charge is -2.11. The van der Waals surface area contributed by atoms with E-state index in [2.05, 4.69) is 22.4 Å². The van der Waals surface area contributed by atoms with Gasteiger partial charge in [-0.3, -0.25) is 0 Å². The zero-order valence-corrected chi connectivity index (χ0v) is 12.2. The number of hydrogen-bond donors (Lipinski definition) is 1. The summed E-state index contributed by atoms with van der Waals surface area (Å²) in [6.07, 6.45) is 2.40. The predicted octanol–water partition coefficient (Wildman–Crippen LogP) is 3.04. The molecule has 1 fully saturated rings. The standard InChI is InChI=1S/C15H17NO3S/c1-2-18-11-3-4-13-12(7-11)10(9-20-13)8-15(5-6-15)14(17)19-16/h3-4,7,9H,2,5-6,8,16H2,1H3. The minimum Gasteiger partial charge on any atom is -0.494 e. The number of carbonyl (C=O) groups is 1. The van der Waals surface area contributed by atoms with Crippen molar-refractivity contribution in [3.05, 3.63) is 29.1 Å². The van der Waals surface area contributed by atoms with Gasteiger partial charge in [0.15, 0.2) is 0 Å². The Hall–Kier alpha value is -1.59. The topological polar surface area (TPSA) is 61.5 Å². The Morgan fingerprint density at radius 3 is 2.90 bits per heavy atom. The summed E-state index contributed by atoms with van der Waals surface area (Å²) in [7, 11) is 0. The van der Waals surface area contributed by atoms with Crippen LogP contribution in [0.2, 0.25) is 0 Å². The second kappa shape index (κ2) is 5.07. The van der Waals surface area contributed by atoms with Gasteiger partial charge in [0.2, 0.25) is 0 Å². The van der Waals surface area contributed by atoms with Gasteiger partial charge in [-0.05, 0) is 60.7 Å². The van der Waals surface area contributed by atoms with Gasteiger partial charge < -0.3 is 9.57 Å². The third kappa shape index (κ3) is 2.27. The molecule has 3 rings (SSSR count). The molecule has 1 aromatic carbocycles. The van der Waals surface area contributed by atoms with Gasteiger partial charge in [0.05, 0.1) is 12.0 Å². The number of thiophene rings is 1. The smallest absolute Gasteiger partial charge is 0.330 e. The third-order valence-corrected chi connectivity index (χ3v) is 4.87. The Morgan fingerprint density at radius 2 is 2.25 bits per heavy atom. The Bertz CT molecular complexity index is 646. The van der Waals surface area contributed by atoms with Crippen LogP contribution in [-0.4, -0.2) is 12.6 Å². The van der Waals surface area contributed by atoms with Gasteiger partial charge in [0.1, 0.15) is 5.75 Å². The molecular formula is C15H17NO3S. The van der Waals surface area contributed by atoms with Crippen LogP contribution in [0.15, 0.2) is 23.6 Å². The summed E-state index contributed by atoms with van der Waals surface area (Å²) in [5, 5.41) is 3.28. The van der Waals surface area contributed by atoms with E-state index in [0.717, 1.165) is 24.0 Å². The van der Waals surface area contributed by atoms with Crippen LogP contribution in [0.25, 0.3) is 10.1 Å². The molecule has 0 amide bonds. The van der Waals surface area contributed by atoms with Crippen molar-refractivity contribution in [2.45, 2.75) is 26.2 Å². The highest BCUT2D eigenvalue weighted by molar-refractivity contribution is 7.17. The van der Waals surface area contributed by atoms with E-state index in [-0.39, 0.29) is 5.97 Å². The highest BCUT2D eigenvalue weighted by Gasteiger charge is 2.51. The summed E-state index contributed by atoms with van der Waals surface area (Å²) in [4.78, 5) is 16.2. The normalized spacial score (nSPS) is 16.1. The van der Waals surface area contributed by atoms with Crippen molar-refractivity contribution in [3.63, 3.8) is 0 Å². The molecular weight excluding hydrogens is 274 g/mol. The van der Waals surface area contributed by atoms with E-state index in [1.165, 1.54) is 10.3 Å². The van der Waals surface area contributed by atoms with Crippen molar-refractivity contribution in [1.29, 1.82) is 0 Å². The van der Waals surface area contributed by atoms with Crippen molar-refractivity contribution in [2.75, 3.05) is 6.61 Å². The highest BCUT2D eigenvalue weighted by Crippen LogP contribution is 2.50. The Morgan fingerprint density at radius 1 is 1.45 bits per heavy atom. The summed E-state index contributed by atoms with van der Waals surface area (Å²) in [6.45, 7) is 2.61.